The van der Waals surface area contributed by atoms with Crippen LogP contribution in [0.3, 0.4) is 0 Å². The molecular weight excluding hydrogens is 349 g/mol. The van der Waals surface area contributed by atoms with E-state index in [1.54, 1.807) is 44.1 Å². The molecule has 1 heterocycles. The van der Waals surface area contributed by atoms with Gasteiger partial charge < -0.3 is 19.9 Å². The van der Waals surface area contributed by atoms with Gasteiger partial charge in [-0.1, -0.05) is 6.07 Å². The zero-order chi connectivity index (χ0) is 19.6. The number of carbonyl (C=O) groups excluding carboxylic acids is 2. The molecule has 1 saturated heterocycles. The molecule has 1 aliphatic heterocycles. The summed E-state index contributed by atoms with van der Waals surface area (Å²) in [4.78, 5) is 28.5. The molecule has 0 bridgehead atoms. The number of aryl methyl sites for hydroxylation is 1. The van der Waals surface area contributed by atoms with E-state index in [9.17, 15) is 14.0 Å². The summed E-state index contributed by atoms with van der Waals surface area (Å²) >= 11 is 0. The van der Waals surface area contributed by atoms with E-state index in [1.165, 1.54) is 17.0 Å². The molecule has 0 radical (unpaired) electrons. The average Bonchev–Trinajstić information content (AvgIpc) is 2.67. The molecule has 0 aliphatic carbocycles. The molecule has 142 valence electrons. The van der Waals surface area contributed by atoms with E-state index in [0.29, 0.717) is 24.5 Å². The van der Waals surface area contributed by atoms with Crippen LogP contribution in [0.4, 0.5) is 20.6 Å². The van der Waals surface area contributed by atoms with Gasteiger partial charge in [-0.25, -0.2) is 9.18 Å². The van der Waals surface area contributed by atoms with Crippen molar-refractivity contribution in [3.8, 4) is 5.75 Å². The van der Waals surface area contributed by atoms with Crippen molar-refractivity contribution in [2.24, 2.45) is 0 Å². The number of ether oxygens (including phenoxy) is 1. The lowest BCUT2D eigenvalue weighted by Gasteiger charge is -2.39. The van der Waals surface area contributed by atoms with Crippen LogP contribution < -0.4 is 15.0 Å². The highest BCUT2D eigenvalue weighted by Crippen LogP contribution is 2.24. The van der Waals surface area contributed by atoms with Gasteiger partial charge in [0.05, 0.1) is 7.11 Å². The minimum atomic E-state index is -0.630. The molecule has 1 unspecified atom stereocenters. The average molecular weight is 371 g/mol. The number of halogens is 1. The van der Waals surface area contributed by atoms with Crippen LogP contribution in [0.5, 0.6) is 5.75 Å². The number of benzene rings is 2. The van der Waals surface area contributed by atoms with Crippen LogP contribution in [0.1, 0.15) is 12.5 Å². The van der Waals surface area contributed by atoms with Crippen molar-refractivity contribution >= 4 is 23.3 Å². The number of nitrogens with one attached hydrogen (secondary N) is 1. The van der Waals surface area contributed by atoms with Gasteiger partial charge in [0.2, 0.25) is 5.91 Å². The second kappa shape index (κ2) is 7.65. The quantitative estimate of drug-likeness (QED) is 0.899. The first-order valence-electron chi connectivity index (χ1n) is 8.70. The Hall–Kier alpha value is -3.09. The molecule has 27 heavy (non-hydrogen) atoms. The van der Waals surface area contributed by atoms with E-state index in [-0.39, 0.29) is 5.91 Å². The van der Waals surface area contributed by atoms with E-state index in [0.717, 1.165) is 11.3 Å². The Morgan fingerprint density at radius 1 is 1.19 bits per heavy atom. The maximum atomic E-state index is 13.4. The van der Waals surface area contributed by atoms with Gasteiger partial charge >= 0.3 is 6.03 Å². The van der Waals surface area contributed by atoms with Crippen molar-refractivity contribution in [3.05, 3.63) is 53.8 Å². The summed E-state index contributed by atoms with van der Waals surface area (Å²) in [5, 5.41) is 2.70. The lowest BCUT2D eigenvalue weighted by atomic mass is 10.1. The van der Waals surface area contributed by atoms with Crippen LogP contribution in [0, 0.1) is 12.7 Å². The topological polar surface area (TPSA) is 61.9 Å². The van der Waals surface area contributed by atoms with Crippen LogP contribution in [0.25, 0.3) is 0 Å². The number of piperazine rings is 1. The summed E-state index contributed by atoms with van der Waals surface area (Å²) < 4.78 is 18.6. The van der Waals surface area contributed by atoms with E-state index in [1.807, 2.05) is 12.1 Å². The SMILES string of the molecule is COc1ccc(N2CCN(C(=O)Nc3cc(F)ccc3C)C(C)C2=O)cc1. The van der Waals surface area contributed by atoms with E-state index < -0.39 is 17.9 Å². The predicted octanol–water partition coefficient (Wildman–Crippen LogP) is 3.41. The maximum absolute atomic E-state index is 13.4. The van der Waals surface area contributed by atoms with Gasteiger partial charge in [0.25, 0.3) is 0 Å². The number of carbonyl (C=O) groups is 2. The fourth-order valence-corrected chi connectivity index (χ4v) is 3.08. The third kappa shape index (κ3) is 3.86. The van der Waals surface area contributed by atoms with Gasteiger partial charge in [0, 0.05) is 24.5 Å². The van der Waals surface area contributed by atoms with E-state index in [4.69, 9.17) is 4.74 Å². The van der Waals surface area contributed by atoms with Crippen molar-refractivity contribution in [2.45, 2.75) is 19.9 Å². The minimum absolute atomic E-state index is 0.169. The number of urea groups is 1. The lowest BCUT2D eigenvalue weighted by Crippen LogP contribution is -2.58. The Labute approximate surface area is 157 Å². The molecule has 0 saturated carbocycles. The molecule has 2 aromatic carbocycles. The number of anilines is 2. The van der Waals surface area contributed by atoms with Crippen molar-refractivity contribution in [1.29, 1.82) is 0 Å². The molecule has 2 aromatic rings. The molecule has 1 atom stereocenters. The summed E-state index contributed by atoms with van der Waals surface area (Å²) in [5.41, 5.74) is 1.91. The highest BCUT2D eigenvalue weighted by Gasteiger charge is 2.35. The number of hydrogen-bond acceptors (Lipinski definition) is 3. The summed E-state index contributed by atoms with van der Waals surface area (Å²) in [6.07, 6.45) is 0. The standard InChI is InChI=1S/C20H22FN3O3/c1-13-4-5-15(21)12-18(13)22-20(26)23-10-11-24(19(25)14(23)2)16-6-8-17(27-3)9-7-16/h4-9,12,14H,10-11H2,1-3H3,(H,22,26). The van der Waals surface area contributed by atoms with Crippen molar-refractivity contribution in [3.63, 3.8) is 0 Å². The summed E-state index contributed by atoms with van der Waals surface area (Å²) in [6.45, 7) is 4.23. The first-order valence-corrected chi connectivity index (χ1v) is 8.70. The molecule has 7 heteroatoms. The van der Waals surface area contributed by atoms with Gasteiger partial charge in [-0.05, 0) is 55.8 Å². The largest absolute Gasteiger partial charge is 0.497 e. The zero-order valence-corrected chi connectivity index (χ0v) is 15.5. The zero-order valence-electron chi connectivity index (χ0n) is 15.5. The van der Waals surface area contributed by atoms with Crippen LogP contribution in [-0.4, -0.2) is 43.1 Å². The van der Waals surface area contributed by atoms with E-state index in [2.05, 4.69) is 5.32 Å². The highest BCUT2D eigenvalue weighted by atomic mass is 19.1. The molecule has 1 N–H and O–H groups in total. The van der Waals surface area contributed by atoms with Crippen molar-refractivity contribution < 1.29 is 18.7 Å². The number of amides is 3. The van der Waals surface area contributed by atoms with Gasteiger partial charge in [0.1, 0.15) is 17.6 Å². The molecular formula is C20H22FN3O3. The Morgan fingerprint density at radius 2 is 1.89 bits per heavy atom. The third-order valence-corrected chi connectivity index (χ3v) is 4.74. The van der Waals surface area contributed by atoms with Crippen molar-refractivity contribution in [2.75, 3.05) is 30.4 Å². The second-order valence-electron chi connectivity index (χ2n) is 6.45. The smallest absolute Gasteiger partial charge is 0.322 e. The molecule has 3 amide bonds. The Kier molecular flexibility index (Phi) is 5.30. The molecule has 0 aromatic heterocycles. The lowest BCUT2D eigenvalue weighted by molar-refractivity contribution is -0.123. The first-order chi connectivity index (χ1) is 12.9. The monoisotopic (exact) mass is 371 g/mol. The van der Waals surface area contributed by atoms with Gasteiger partial charge in [0.15, 0.2) is 0 Å². The predicted molar refractivity (Wildman–Crippen MR) is 102 cm³/mol. The Bertz CT molecular complexity index is 854. The maximum Gasteiger partial charge on any atom is 0.322 e. The van der Waals surface area contributed by atoms with Crippen molar-refractivity contribution in [1.82, 2.24) is 4.90 Å². The number of hydrogen-bond donors (Lipinski definition) is 1. The fourth-order valence-electron chi connectivity index (χ4n) is 3.08. The number of methoxy groups -OCH3 is 1. The Morgan fingerprint density at radius 3 is 2.56 bits per heavy atom. The van der Waals surface area contributed by atoms with Gasteiger partial charge in [-0.2, -0.15) is 0 Å². The second-order valence-corrected chi connectivity index (χ2v) is 6.45. The van der Waals surface area contributed by atoms with Crippen LogP contribution in [0.2, 0.25) is 0 Å². The highest BCUT2D eigenvalue weighted by molar-refractivity contribution is 6.02. The third-order valence-electron chi connectivity index (χ3n) is 4.74. The molecule has 1 aliphatic rings. The molecule has 1 fully saturated rings. The van der Waals surface area contributed by atoms with Crippen LogP contribution >= 0.6 is 0 Å². The van der Waals surface area contributed by atoms with Gasteiger partial charge in [-0.3, -0.25) is 4.79 Å². The van der Waals surface area contributed by atoms with E-state index >= 15 is 0 Å². The Balaban J connectivity index is 1.71. The minimum Gasteiger partial charge on any atom is -0.497 e. The van der Waals surface area contributed by atoms with Gasteiger partial charge in [-0.15, -0.1) is 0 Å². The summed E-state index contributed by atoms with van der Waals surface area (Å²) in [5.74, 6) is 0.115. The van der Waals surface area contributed by atoms with Crippen LogP contribution in [-0.2, 0) is 4.79 Å². The summed E-state index contributed by atoms with van der Waals surface area (Å²) in [6, 6.07) is 10.4. The molecule has 0 spiro atoms. The first kappa shape index (κ1) is 18.7. The normalized spacial score (nSPS) is 17.0. The molecule has 6 nitrogen and oxygen atoms in total. The number of rotatable bonds is 3. The molecule has 3 rings (SSSR count). The number of nitrogens with zero attached hydrogens (tertiary/aromatic N) is 2. The van der Waals surface area contributed by atoms with Crippen LogP contribution in [0.15, 0.2) is 42.5 Å². The summed E-state index contributed by atoms with van der Waals surface area (Å²) in [7, 11) is 1.58. The fraction of sp³-hybridized carbons (Fsp3) is 0.300.